The number of anilines is 9. The smallest absolute Gasteiger partial charge is 0.0998 e. The van der Waals surface area contributed by atoms with Crippen LogP contribution in [0.3, 0.4) is 0 Å². The summed E-state index contributed by atoms with van der Waals surface area (Å²) < 4.78 is 2.38. The molecule has 0 spiro atoms. The van der Waals surface area contributed by atoms with Gasteiger partial charge in [0.15, 0.2) is 0 Å². The van der Waals surface area contributed by atoms with Crippen molar-refractivity contribution in [3.05, 3.63) is 360 Å². The van der Waals surface area contributed by atoms with E-state index in [1.165, 1.54) is 0 Å². The SMILES string of the molecule is Cc1ccc2c(c1)C(c1ccccc1)(c1ccccc1)c1cc(C)ccc1N2c1cc(-c2ccccc2C#N)c(-n2c3ccc(N(c4ccccc4)c4ccccc4)cc3c3cc(N(c4ccccc4)c4ccccc4)ccc32)cc1-c1ccccc1C#N. The van der Waals surface area contributed by atoms with Gasteiger partial charge in [-0.2, -0.15) is 10.5 Å². The molecule has 0 aliphatic carbocycles. The summed E-state index contributed by atoms with van der Waals surface area (Å²) in [6.45, 7) is 4.35. The Labute approximate surface area is 519 Å². The van der Waals surface area contributed by atoms with Crippen LogP contribution < -0.4 is 14.7 Å². The van der Waals surface area contributed by atoms with E-state index in [1.54, 1.807) is 0 Å². The molecular weight excluding hydrogens is 1080 g/mol. The van der Waals surface area contributed by atoms with Gasteiger partial charge in [0, 0.05) is 67.2 Å². The molecule has 0 fully saturated rings. The minimum Gasteiger partial charge on any atom is -0.310 e. The van der Waals surface area contributed by atoms with Gasteiger partial charge in [-0.1, -0.05) is 205 Å². The number of nitrogens with zero attached hydrogens (tertiary/aromatic N) is 6. The van der Waals surface area contributed by atoms with Gasteiger partial charge in [0.05, 0.1) is 62.5 Å². The van der Waals surface area contributed by atoms with Gasteiger partial charge in [0.1, 0.15) is 0 Å². The van der Waals surface area contributed by atoms with Crippen LogP contribution in [0.5, 0.6) is 0 Å². The molecule has 1 aliphatic heterocycles. The van der Waals surface area contributed by atoms with E-state index < -0.39 is 5.41 Å². The van der Waals surface area contributed by atoms with Crippen molar-refractivity contribution in [3.63, 3.8) is 0 Å². The molecule has 6 nitrogen and oxygen atoms in total. The van der Waals surface area contributed by atoms with Gasteiger partial charge in [-0.25, -0.2) is 0 Å². The molecule has 420 valence electrons. The zero-order valence-electron chi connectivity index (χ0n) is 49.2. The number of benzene rings is 13. The molecule has 0 saturated heterocycles. The van der Waals surface area contributed by atoms with Crippen molar-refractivity contribution in [2.24, 2.45) is 0 Å². The molecule has 1 aliphatic rings. The highest BCUT2D eigenvalue weighted by Gasteiger charge is 2.47. The Hall–Kier alpha value is -12.0. The minimum absolute atomic E-state index is 0.538. The largest absolute Gasteiger partial charge is 0.310 e. The summed E-state index contributed by atoms with van der Waals surface area (Å²) in [5.74, 6) is 0. The molecule has 0 unspecified atom stereocenters. The Kier molecular flexibility index (Phi) is 13.6. The lowest BCUT2D eigenvalue weighted by Gasteiger charge is -2.47. The number of para-hydroxylation sites is 4. The fourth-order valence-corrected chi connectivity index (χ4v) is 13.7. The van der Waals surface area contributed by atoms with Gasteiger partial charge in [-0.05, 0) is 157 Å². The van der Waals surface area contributed by atoms with Crippen LogP contribution in [0.2, 0.25) is 0 Å². The maximum Gasteiger partial charge on any atom is 0.0998 e. The van der Waals surface area contributed by atoms with Crippen LogP contribution in [-0.4, -0.2) is 4.57 Å². The highest BCUT2D eigenvalue weighted by Crippen LogP contribution is 2.60. The number of rotatable bonds is 12. The Morgan fingerprint density at radius 3 is 1.04 bits per heavy atom. The predicted octanol–water partition coefficient (Wildman–Crippen LogP) is 21.6. The van der Waals surface area contributed by atoms with E-state index in [-0.39, 0.29) is 0 Å². The van der Waals surface area contributed by atoms with Gasteiger partial charge in [-0.3, -0.25) is 0 Å². The molecule has 15 rings (SSSR count). The Balaban J connectivity index is 1.07. The third-order valence-corrected chi connectivity index (χ3v) is 17.6. The van der Waals surface area contributed by atoms with Crippen LogP contribution in [-0.2, 0) is 5.41 Å². The second kappa shape index (κ2) is 22.5. The molecule has 1 aromatic heterocycles. The summed E-state index contributed by atoms with van der Waals surface area (Å²) >= 11 is 0. The first-order chi connectivity index (χ1) is 43.9. The van der Waals surface area contributed by atoms with Crippen molar-refractivity contribution in [3.8, 4) is 40.1 Å². The van der Waals surface area contributed by atoms with Crippen molar-refractivity contribution >= 4 is 73.0 Å². The topological polar surface area (TPSA) is 62.2 Å². The molecule has 0 N–H and O–H groups in total. The first-order valence-corrected chi connectivity index (χ1v) is 30.1. The maximum absolute atomic E-state index is 11.3. The summed E-state index contributed by atoms with van der Waals surface area (Å²) in [7, 11) is 0. The molecular formula is C83H58N6. The van der Waals surface area contributed by atoms with Gasteiger partial charge in [0.2, 0.25) is 0 Å². The van der Waals surface area contributed by atoms with E-state index in [2.05, 4.69) is 324 Å². The predicted molar refractivity (Wildman–Crippen MR) is 366 cm³/mol. The third kappa shape index (κ3) is 9.10. The minimum atomic E-state index is -0.740. The quantitative estimate of drug-likeness (QED) is 0.122. The van der Waals surface area contributed by atoms with Gasteiger partial charge in [0.25, 0.3) is 0 Å². The highest BCUT2D eigenvalue weighted by atomic mass is 15.2. The van der Waals surface area contributed by atoms with Crippen molar-refractivity contribution < 1.29 is 0 Å². The van der Waals surface area contributed by atoms with E-state index in [0.29, 0.717) is 11.1 Å². The van der Waals surface area contributed by atoms with E-state index in [4.69, 9.17) is 0 Å². The molecule has 6 heteroatoms. The molecule has 0 atom stereocenters. The first kappa shape index (κ1) is 53.7. The Bertz CT molecular complexity index is 4750. The van der Waals surface area contributed by atoms with E-state index in [9.17, 15) is 10.5 Å². The van der Waals surface area contributed by atoms with Gasteiger partial charge >= 0.3 is 0 Å². The van der Waals surface area contributed by atoms with E-state index in [0.717, 1.165) is 134 Å². The zero-order valence-corrected chi connectivity index (χ0v) is 49.2. The van der Waals surface area contributed by atoms with Crippen molar-refractivity contribution in [2.75, 3.05) is 14.7 Å². The van der Waals surface area contributed by atoms with E-state index in [1.807, 2.05) is 36.4 Å². The molecule has 2 heterocycles. The van der Waals surface area contributed by atoms with Crippen LogP contribution in [0.4, 0.5) is 51.2 Å². The summed E-state index contributed by atoms with van der Waals surface area (Å²) in [5, 5.41) is 24.6. The number of hydrogen-bond donors (Lipinski definition) is 0. The van der Waals surface area contributed by atoms with E-state index >= 15 is 0 Å². The second-order valence-electron chi connectivity index (χ2n) is 22.8. The molecule has 0 saturated carbocycles. The fraction of sp³-hybridized carbons (Fsp3) is 0.0361. The highest BCUT2D eigenvalue weighted by molar-refractivity contribution is 6.13. The zero-order chi connectivity index (χ0) is 60.0. The lowest BCUT2D eigenvalue weighted by molar-refractivity contribution is 0.729. The van der Waals surface area contributed by atoms with Crippen LogP contribution in [0.25, 0.3) is 49.7 Å². The molecule has 13 aromatic carbocycles. The van der Waals surface area contributed by atoms with Crippen LogP contribution >= 0.6 is 0 Å². The van der Waals surface area contributed by atoms with Crippen LogP contribution in [0, 0.1) is 36.5 Å². The number of aromatic nitrogens is 1. The van der Waals surface area contributed by atoms with Gasteiger partial charge in [-0.15, -0.1) is 0 Å². The second-order valence-corrected chi connectivity index (χ2v) is 22.8. The average Bonchev–Trinajstić information content (AvgIpc) is 1.26. The summed E-state index contributed by atoms with van der Waals surface area (Å²) in [5.41, 5.74) is 22.2. The lowest BCUT2D eigenvalue weighted by Crippen LogP contribution is -2.38. The fourth-order valence-electron chi connectivity index (χ4n) is 13.7. The standard InChI is InChI=1S/C83H58N6/c1-57-41-45-79-75(49-57)83(61-27-9-3-10-28-61,62-29-11-4-12-30-62)76-50-58(2)42-46-80(76)89(79)82-54-73(69-39-23-21-25-59(69)55-84)81(53-74(82)70-40-24-22-26-60(70)56-85)88-77-47-43-67(86(63-31-13-5-14-32-63)64-33-15-6-16-34-64)51-71(77)72-52-68(44-48-78(72)88)87(65-35-17-7-18-36-65)66-37-19-8-20-38-66/h3-54H,1-2H3. The third-order valence-electron chi connectivity index (χ3n) is 17.6. The summed E-state index contributed by atoms with van der Waals surface area (Å²) in [6.07, 6.45) is 0. The molecule has 14 aromatic rings. The number of aryl methyl sites for hydroxylation is 2. The Morgan fingerprint density at radius 1 is 0.303 bits per heavy atom. The number of nitriles is 2. The van der Waals surface area contributed by atoms with Crippen molar-refractivity contribution in [2.45, 2.75) is 19.3 Å². The normalized spacial score (nSPS) is 12.2. The Morgan fingerprint density at radius 2 is 0.652 bits per heavy atom. The van der Waals surface area contributed by atoms with Gasteiger partial charge < -0.3 is 19.3 Å². The number of hydrogen-bond acceptors (Lipinski definition) is 5. The van der Waals surface area contributed by atoms with Crippen molar-refractivity contribution in [1.29, 1.82) is 10.5 Å². The maximum atomic E-state index is 11.3. The summed E-state index contributed by atoms with van der Waals surface area (Å²) in [4.78, 5) is 7.05. The molecule has 0 bridgehead atoms. The van der Waals surface area contributed by atoms with Crippen LogP contribution in [0.15, 0.2) is 315 Å². The van der Waals surface area contributed by atoms with Crippen molar-refractivity contribution in [1.82, 2.24) is 4.57 Å². The monoisotopic (exact) mass is 1140 g/mol. The summed E-state index contributed by atoms with van der Waals surface area (Å²) in [6, 6.07) is 117. The molecule has 89 heavy (non-hydrogen) atoms. The number of fused-ring (bicyclic) bond motifs is 5. The molecule has 0 amide bonds. The first-order valence-electron chi connectivity index (χ1n) is 30.1. The van der Waals surface area contributed by atoms with Crippen LogP contribution in [0.1, 0.15) is 44.5 Å². The average molecular weight is 1140 g/mol. The lowest BCUT2D eigenvalue weighted by atomic mass is 9.62. The molecule has 0 radical (unpaired) electrons.